The largest absolute Gasteiger partial charge is 0.390 e. The zero-order chi connectivity index (χ0) is 33.2. The third kappa shape index (κ3) is 10.9. The Kier molecular flexibility index (Phi) is 13.8. The molecule has 2 rings (SSSR count). The molecule has 2 aliphatic rings. The van der Waals surface area contributed by atoms with Crippen LogP contribution in [-0.4, -0.2) is 44.8 Å². The van der Waals surface area contributed by atoms with Crippen molar-refractivity contribution in [2.24, 2.45) is 10.8 Å². The van der Waals surface area contributed by atoms with Crippen LogP contribution in [0.15, 0.2) is 130 Å². The average Bonchev–Trinajstić information content (AvgIpc) is 2.92. The van der Waals surface area contributed by atoms with Gasteiger partial charge in [0.05, 0.1) is 12.2 Å². The van der Waals surface area contributed by atoms with E-state index < -0.39 is 24.4 Å². The molecular formula is C40H56O4. The fraction of sp³-hybridized carbons (Fsp3) is 0.450. The van der Waals surface area contributed by atoms with E-state index in [1.807, 2.05) is 38.2 Å². The summed E-state index contributed by atoms with van der Waals surface area (Å²) in [4.78, 5) is 0. The molecule has 0 saturated heterocycles. The second-order valence-electron chi connectivity index (χ2n) is 13.8. The highest BCUT2D eigenvalue weighted by Gasteiger charge is 2.37. The molecule has 240 valence electrons. The summed E-state index contributed by atoms with van der Waals surface area (Å²) in [5.74, 6) is 0. The van der Waals surface area contributed by atoms with Gasteiger partial charge in [-0.1, -0.05) is 135 Å². The van der Waals surface area contributed by atoms with Crippen molar-refractivity contribution in [1.29, 1.82) is 0 Å². The Morgan fingerprint density at radius 3 is 1.16 bits per heavy atom. The Labute approximate surface area is 267 Å². The molecule has 2 aliphatic carbocycles. The van der Waals surface area contributed by atoms with Gasteiger partial charge in [0.2, 0.25) is 0 Å². The third-order valence-corrected chi connectivity index (χ3v) is 8.65. The number of aliphatic hydroxyl groups is 4. The standard InChI is InChI=1S/C40H56O4/c1-27(17-13-19-29(3)21-23-33-31(5)37(43)35(41)25-39(33,7)8)15-11-12-16-28(2)18-14-20-30(4)22-24-34-32(6)38(44)36(42)26-40(34,9)10/h11-24,35-38,41-44H,25-26H2,1-10H3/b12-11+,17-13+,18-14+,23-21+,24-22+,27-15+,28-16+,29-19+,30-20+. The summed E-state index contributed by atoms with van der Waals surface area (Å²) < 4.78 is 0. The van der Waals surface area contributed by atoms with Crippen LogP contribution >= 0.6 is 0 Å². The van der Waals surface area contributed by atoms with E-state index in [4.69, 9.17) is 0 Å². The van der Waals surface area contributed by atoms with Crippen LogP contribution in [0.1, 0.15) is 82.1 Å². The molecule has 4 heteroatoms. The molecule has 0 aromatic heterocycles. The van der Waals surface area contributed by atoms with Crippen molar-refractivity contribution in [3.63, 3.8) is 0 Å². The quantitative estimate of drug-likeness (QED) is 0.190. The molecule has 0 radical (unpaired) electrons. The van der Waals surface area contributed by atoms with Crippen LogP contribution in [0.2, 0.25) is 0 Å². The van der Waals surface area contributed by atoms with Gasteiger partial charge in [-0.25, -0.2) is 0 Å². The van der Waals surface area contributed by atoms with Crippen LogP contribution < -0.4 is 0 Å². The topological polar surface area (TPSA) is 80.9 Å². The molecule has 0 aromatic rings. The minimum absolute atomic E-state index is 0.182. The summed E-state index contributed by atoms with van der Waals surface area (Å²) in [6, 6.07) is 0. The second kappa shape index (κ2) is 16.3. The lowest BCUT2D eigenvalue weighted by atomic mass is 9.70. The number of hydrogen-bond acceptors (Lipinski definition) is 4. The Balaban J connectivity index is 1.94. The van der Waals surface area contributed by atoms with Crippen LogP contribution in [0.5, 0.6) is 0 Å². The highest BCUT2D eigenvalue weighted by atomic mass is 16.3. The van der Waals surface area contributed by atoms with Crippen LogP contribution in [0.25, 0.3) is 0 Å². The number of allylic oxidation sites excluding steroid dienone is 20. The molecule has 0 amide bonds. The Bertz CT molecular complexity index is 1260. The van der Waals surface area contributed by atoms with Gasteiger partial charge in [0.1, 0.15) is 12.2 Å². The maximum Gasteiger partial charge on any atom is 0.101 e. The van der Waals surface area contributed by atoms with E-state index in [-0.39, 0.29) is 10.8 Å². The highest BCUT2D eigenvalue weighted by Crippen LogP contribution is 2.42. The van der Waals surface area contributed by atoms with Gasteiger partial charge in [-0.3, -0.25) is 0 Å². The van der Waals surface area contributed by atoms with Gasteiger partial charge in [0, 0.05) is 0 Å². The Morgan fingerprint density at radius 1 is 0.523 bits per heavy atom. The predicted octanol–water partition coefficient (Wildman–Crippen LogP) is 8.49. The third-order valence-electron chi connectivity index (χ3n) is 8.65. The fourth-order valence-electron chi connectivity index (χ4n) is 5.94. The van der Waals surface area contributed by atoms with E-state index in [1.165, 1.54) is 0 Å². The van der Waals surface area contributed by atoms with Gasteiger partial charge in [0.15, 0.2) is 0 Å². The first-order valence-corrected chi connectivity index (χ1v) is 15.7. The van der Waals surface area contributed by atoms with Crippen LogP contribution in [-0.2, 0) is 0 Å². The van der Waals surface area contributed by atoms with E-state index in [1.54, 1.807) is 0 Å². The second-order valence-corrected chi connectivity index (χ2v) is 13.8. The van der Waals surface area contributed by atoms with E-state index >= 15 is 0 Å². The lowest BCUT2D eigenvalue weighted by Gasteiger charge is -2.38. The summed E-state index contributed by atoms with van der Waals surface area (Å²) in [5.41, 5.74) is 7.98. The number of hydrogen-bond donors (Lipinski definition) is 4. The molecule has 44 heavy (non-hydrogen) atoms. The van der Waals surface area contributed by atoms with Crippen molar-refractivity contribution in [1.82, 2.24) is 0 Å². The average molecular weight is 601 g/mol. The van der Waals surface area contributed by atoms with Crippen LogP contribution in [0, 0.1) is 10.8 Å². The summed E-state index contributed by atoms with van der Waals surface area (Å²) in [6.07, 6.45) is 26.9. The van der Waals surface area contributed by atoms with Crippen LogP contribution in [0.3, 0.4) is 0 Å². The Morgan fingerprint density at radius 2 is 0.818 bits per heavy atom. The van der Waals surface area contributed by atoms with Crippen molar-refractivity contribution < 1.29 is 20.4 Å². The fourth-order valence-corrected chi connectivity index (χ4v) is 5.94. The van der Waals surface area contributed by atoms with Crippen molar-refractivity contribution >= 4 is 0 Å². The van der Waals surface area contributed by atoms with Crippen molar-refractivity contribution in [2.75, 3.05) is 0 Å². The molecule has 4 atom stereocenters. The minimum Gasteiger partial charge on any atom is -0.390 e. The zero-order valence-electron chi connectivity index (χ0n) is 28.6. The summed E-state index contributed by atoms with van der Waals surface area (Å²) in [6.45, 7) is 20.5. The molecule has 0 saturated carbocycles. The molecule has 4 unspecified atom stereocenters. The van der Waals surface area contributed by atoms with Crippen molar-refractivity contribution in [2.45, 2.75) is 106 Å². The summed E-state index contributed by atoms with van der Waals surface area (Å²) in [7, 11) is 0. The predicted molar refractivity (Wildman–Crippen MR) is 187 cm³/mol. The molecule has 4 nitrogen and oxygen atoms in total. The number of aliphatic hydroxyl groups excluding tert-OH is 4. The summed E-state index contributed by atoms with van der Waals surface area (Å²) in [5, 5.41) is 40.8. The van der Waals surface area contributed by atoms with E-state index in [9.17, 15) is 20.4 Å². The highest BCUT2D eigenvalue weighted by molar-refractivity contribution is 5.41. The lowest BCUT2D eigenvalue weighted by Crippen LogP contribution is -2.39. The van der Waals surface area contributed by atoms with Gasteiger partial charge in [-0.2, -0.15) is 0 Å². The molecule has 0 fully saturated rings. The molecule has 4 N–H and O–H groups in total. The maximum absolute atomic E-state index is 10.3. The molecule has 0 bridgehead atoms. The van der Waals surface area contributed by atoms with Crippen LogP contribution in [0.4, 0.5) is 0 Å². The van der Waals surface area contributed by atoms with E-state index in [0.29, 0.717) is 12.8 Å². The lowest BCUT2D eigenvalue weighted by molar-refractivity contribution is 0.00681. The van der Waals surface area contributed by atoms with E-state index in [2.05, 4.69) is 116 Å². The molecule has 0 heterocycles. The molecule has 0 spiro atoms. The number of rotatable bonds is 10. The zero-order valence-corrected chi connectivity index (χ0v) is 28.6. The SMILES string of the molecule is CC1=C(/C=C/C(C)=C/C=C/C(C)=C/C=C/C=C(C)/C=C/C=C(C)/C=C/C2=C(C)C(O)C(O)CC2(C)C)C(C)(C)CC(O)C1O. The van der Waals surface area contributed by atoms with Gasteiger partial charge >= 0.3 is 0 Å². The molecule has 0 aromatic carbocycles. The molecule has 0 aliphatic heterocycles. The first-order chi connectivity index (χ1) is 20.5. The summed E-state index contributed by atoms with van der Waals surface area (Å²) >= 11 is 0. The first-order valence-electron chi connectivity index (χ1n) is 15.7. The Hall–Kier alpha value is -3.02. The van der Waals surface area contributed by atoms with E-state index in [0.717, 1.165) is 44.6 Å². The van der Waals surface area contributed by atoms with Crippen molar-refractivity contribution in [3.05, 3.63) is 130 Å². The van der Waals surface area contributed by atoms with Crippen molar-refractivity contribution in [3.8, 4) is 0 Å². The molecular weight excluding hydrogens is 544 g/mol. The van der Waals surface area contributed by atoms with Gasteiger partial charge in [-0.15, -0.1) is 0 Å². The van der Waals surface area contributed by atoms with Gasteiger partial charge in [0.25, 0.3) is 0 Å². The normalized spacial score (nSPS) is 27.9. The smallest absolute Gasteiger partial charge is 0.101 e. The maximum atomic E-state index is 10.3. The van der Waals surface area contributed by atoms with Gasteiger partial charge in [-0.05, 0) is 87.5 Å². The monoisotopic (exact) mass is 600 g/mol. The van der Waals surface area contributed by atoms with Gasteiger partial charge < -0.3 is 20.4 Å². The minimum atomic E-state index is -0.799. The first kappa shape index (κ1) is 37.2.